The van der Waals surface area contributed by atoms with Gasteiger partial charge in [0, 0.05) is 17.9 Å². The molecule has 0 unspecified atom stereocenters. The van der Waals surface area contributed by atoms with Crippen LogP contribution in [0.15, 0.2) is 22.7 Å². The van der Waals surface area contributed by atoms with Gasteiger partial charge in [0.25, 0.3) is 0 Å². The van der Waals surface area contributed by atoms with Gasteiger partial charge in [0.15, 0.2) is 5.82 Å². The molecule has 1 aromatic carbocycles. The van der Waals surface area contributed by atoms with E-state index in [1.54, 1.807) is 6.07 Å². The monoisotopic (exact) mass is 311 g/mol. The minimum absolute atomic E-state index is 0.352. The average Bonchev–Trinajstić information content (AvgIpc) is 2.89. The maximum Gasteiger partial charge on any atom is 0.226 e. The van der Waals surface area contributed by atoms with E-state index in [1.165, 1.54) is 12.1 Å². The summed E-state index contributed by atoms with van der Waals surface area (Å²) in [5.74, 6) is 0.853. The maximum atomic E-state index is 13.0. The van der Waals surface area contributed by atoms with Crippen LogP contribution in [0, 0.1) is 5.82 Å². The van der Waals surface area contributed by atoms with Crippen molar-refractivity contribution in [2.75, 3.05) is 6.54 Å². The standard InChI is InChI=1S/C15H19ClFN3O/c16-13-10-12(17)7-6-11(13)9-14-19-15(21-20-14)5-3-1-2-4-8-18/h6-7,10H,1-5,8-9,18H2. The van der Waals surface area contributed by atoms with Crippen molar-refractivity contribution < 1.29 is 8.91 Å². The second-order valence-electron chi connectivity index (χ2n) is 4.97. The summed E-state index contributed by atoms with van der Waals surface area (Å²) in [7, 11) is 0. The Bertz CT molecular complexity index is 574. The van der Waals surface area contributed by atoms with E-state index in [1.807, 2.05) is 0 Å². The second kappa shape index (κ2) is 8.10. The first-order valence-electron chi connectivity index (χ1n) is 7.14. The van der Waals surface area contributed by atoms with E-state index in [-0.39, 0.29) is 5.82 Å². The van der Waals surface area contributed by atoms with Gasteiger partial charge in [0.1, 0.15) is 5.82 Å². The molecule has 114 valence electrons. The Morgan fingerprint density at radius 2 is 2.00 bits per heavy atom. The Balaban J connectivity index is 1.85. The van der Waals surface area contributed by atoms with E-state index < -0.39 is 0 Å². The number of aryl methyl sites for hydroxylation is 1. The predicted octanol–water partition coefficient (Wildman–Crippen LogP) is 3.51. The summed E-state index contributed by atoms with van der Waals surface area (Å²) in [5.41, 5.74) is 6.23. The summed E-state index contributed by atoms with van der Waals surface area (Å²) in [5, 5.41) is 4.31. The van der Waals surface area contributed by atoms with Crippen LogP contribution in [0.25, 0.3) is 0 Å². The van der Waals surface area contributed by atoms with Gasteiger partial charge in [-0.3, -0.25) is 0 Å². The minimum atomic E-state index is -0.352. The molecule has 4 nitrogen and oxygen atoms in total. The number of unbranched alkanes of at least 4 members (excludes halogenated alkanes) is 3. The van der Waals surface area contributed by atoms with Crippen molar-refractivity contribution in [3.8, 4) is 0 Å². The molecule has 2 rings (SSSR count). The van der Waals surface area contributed by atoms with E-state index in [4.69, 9.17) is 21.9 Å². The molecule has 2 aromatic rings. The number of nitrogens with two attached hydrogens (primary N) is 1. The SMILES string of the molecule is NCCCCCCc1nc(Cc2ccc(F)cc2Cl)no1. The fraction of sp³-hybridized carbons (Fsp3) is 0.467. The fourth-order valence-corrected chi connectivity index (χ4v) is 2.31. The molecule has 1 heterocycles. The fourth-order valence-electron chi connectivity index (χ4n) is 2.07. The van der Waals surface area contributed by atoms with Gasteiger partial charge in [-0.2, -0.15) is 4.98 Å². The molecule has 0 spiro atoms. The Morgan fingerprint density at radius 3 is 2.76 bits per heavy atom. The van der Waals surface area contributed by atoms with Crippen LogP contribution in [-0.4, -0.2) is 16.7 Å². The molecule has 0 aliphatic heterocycles. The molecule has 0 radical (unpaired) electrons. The molecular weight excluding hydrogens is 293 g/mol. The highest BCUT2D eigenvalue weighted by molar-refractivity contribution is 6.31. The highest BCUT2D eigenvalue weighted by Crippen LogP contribution is 2.19. The molecular formula is C15H19ClFN3O. The van der Waals surface area contributed by atoms with Crippen molar-refractivity contribution in [3.63, 3.8) is 0 Å². The van der Waals surface area contributed by atoms with E-state index in [0.29, 0.717) is 23.2 Å². The lowest BCUT2D eigenvalue weighted by Gasteiger charge is -2.00. The van der Waals surface area contributed by atoms with Gasteiger partial charge in [0.2, 0.25) is 5.89 Å². The third kappa shape index (κ3) is 5.10. The minimum Gasteiger partial charge on any atom is -0.339 e. The zero-order valence-electron chi connectivity index (χ0n) is 11.8. The lowest BCUT2D eigenvalue weighted by atomic mass is 10.1. The van der Waals surface area contributed by atoms with Crippen LogP contribution < -0.4 is 5.73 Å². The third-order valence-corrected chi connectivity index (χ3v) is 3.57. The molecule has 6 heteroatoms. The normalized spacial score (nSPS) is 11.0. The van der Waals surface area contributed by atoms with Crippen molar-refractivity contribution in [3.05, 3.63) is 46.3 Å². The van der Waals surface area contributed by atoms with Gasteiger partial charge in [-0.25, -0.2) is 4.39 Å². The molecule has 0 bridgehead atoms. The molecule has 0 saturated carbocycles. The topological polar surface area (TPSA) is 64.9 Å². The Kier molecular flexibility index (Phi) is 6.14. The zero-order chi connectivity index (χ0) is 15.1. The van der Waals surface area contributed by atoms with Gasteiger partial charge in [-0.15, -0.1) is 0 Å². The van der Waals surface area contributed by atoms with Crippen molar-refractivity contribution in [1.82, 2.24) is 10.1 Å². The van der Waals surface area contributed by atoms with Gasteiger partial charge in [-0.1, -0.05) is 35.7 Å². The summed E-state index contributed by atoms with van der Waals surface area (Å²) in [6.45, 7) is 0.739. The van der Waals surface area contributed by atoms with Crippen LogP contribution in [0.4, 0.5) is 4.39 Å². The van der Waals surface area contributed by atoms with Crippen LogP contribution in [0.3, 0.4) is 0 Å². The molecule has 21 heavy (non-hydrogen) atoms. The van der Waals surface area contributed by atoms with Crippen LogP contribution >= 0.6 is 11.6 Å². The lowest BCUT2D eigenvalue weighted by Crippen LogP contribution is -1.98. The Labute approximate surface area is 128 Å². The number of rotatable bonds is 8. The van der Waals surface area contributed by atoms with E-state index in [2.05, 4.69) is 10.1 Å². The van der Waals surface area contributed by atoms with Gasteiger partial charge >= 0.3 is 0 Å². The molecule has 0 saturated heterocycles. The molecule has 2 N–H and O–H groups in total. The molecule has 0 fully saturated rings. The first-order chi connectivity index (χ1) is 10.2. The number of benzene rings is 1. The van der Waals surface area contributed by atoms with Crippen molar-refractivity contribution in [2.24, 2.45) is 5.73 Å². The van der Waals surface area contributed by atoms with E-state index >= 15 is 0 Å². The summed E-state index contributed by atoms with van der Waals surface area (Å²) >= 11 is 5.98. The molecule has 0 aliphatic carbocycles. The number of halogens is 2. The molecule has 1 aromatic heterocycles. The maximum absolute atomic E-state index is 13.0. The predicted molar refractivity (Wildman–Crippen MR) is 79.7 cm³/mol. The van der Waals surface area contributed by atoms with Crippen LogP contribution in [0.2, 0.25) is 5.02 Å². The highest BCUT2D eigenvalue weighted by atomic mass is 35.5. The average molecular weight is 312 g/mol. The Hall–Kier alpha value is -1.46. The number of aromatic nitrogens is 2. The van der Waals surface area contributed by atoms with Crippen LogP contribution in [0.1, 0.15) is 43.0 Å². The Morgan fingerprint density at radius 1 is 1.19 bits per heavy atom. The van der Waals surface area contributed by atoms with Crippen LogP contribution in [0.5, 0.6) is 0 Å². The number of hydrogen-bond acceptors (Lipinski definition) is 4. The number of hydrogen-bond donors (Lipinski definition) is 1. The van der Waals surface area contributed by atoms with Crippen molar-refractivity contribution in [2.45, 2.75) is 38.5 Å². The number of nitrogens with zero attached hydrogens (tertiary/aromatic N) is 2. The summed E-state index contributed by atoms with van der Waals surface area (Å²) in [6, 6.07) is 4.30. The van der Waals surface area contributed by atoms with Gasteiger partial charge in [-0.05, 0) is 37.1 Å². The highest BCUT2D eigenvalue weighted by Gasteiger charge is 2.09. The smallest absolute Gasteiger partial charge is 0.226 e. The van der Waals surface area contributed by atoms with Crippen molar-refractivity contribution >= 4 is 11.6 Å². The molecule has 0 atom stereocenters. The largest absolute Gasteiger partial charge is 0.339 e. The van der Waals surface area contributed by atoms with Crippen LogP contribution in [-0.2, 0) is 12.8 Å². The first kappa shape index (κ1) is 15.9. The second-order valence-corrected chi connectivity index (χ2v) is 5.38. The van der Waals surface area contributed by atoms with Gasteiger partial charge in [0.05, 0.1) is 0 Å². The first-order valence-corrected chi connectivity index (χ1v) is 7.52. The quantitative estimate of drug-likeness (QED) is 0.758. The van der Waals surface area contributed by atoms with Gasteiger partial charge < -0.3 is 10.3 Å². The van der Waals surface area contributed by atoms with Crippen molar-refractivity contribution in [1.29, 1.82) is 0 Å². The molecule has 0 amide bonds. The summed E-state index contributed by atoms with van der Waals surface area (Å²) in [6.07, 6.45) is 5.52. The third-order valence-electron chi connectivity index (χ3n) is 3.22. The summed E-state index contributed by atoms with van der Waals surface area (Å²) < 4.78 is 18.2. The molecule has 0 aliphatic rings. The lowest BCUT2D eigenvalue weighted by molar-refractivity contribution is 0.369. The summed E-state index contributed by atoms with van der Waals surface area (Å²) in [4.78, 5) is 4.33. The van der Waals surface area contributed by atoms with E-state index in [0.717, 1.165) is 44.2 Å². The van der Waals surface area contributed by atoms with E-state index in [9.17, 15) is 4.39 Å². The zero-order valence-corrected chi connectivity index (χ0v) is 12.6.